The number of fused-ring (bicyclic) bond motifs is 2. The van der Waals surface area contributed by atoms with Gasteiger partial charge in [-0.25, -0.2) is 22.9 Å². The molecule has 13 nitrogen and oxygen atoms in total. The van der Waals surface area contributed by atoms with E-state index in [9.17, 15) is 22.8 Å². The summed E-state index contributed by atoms with van der Waals surface area (Å²) in [6.07, 6.45) is 2.39. The highest BCUT2D eigenvalue weighted by Crippen LogP contribution is 2.46. The average molecular weight is 766 g/mol. The summed E-state index contributed by atoms with van der Waals surface area (Å²) in [5.74, 6) is -1.69. The Morgan fingerprint density at radius 1 is 1.00 bits per heavy atom. The van der Waals surface area contributed by atoms with Crippen molar-refractivity contribution >= 4 is 49.7 Å². The van der Waals surface area contributed by atoms with Crippen LogP contribution in [0.4, 0.5) is 4.79 Å². The van der Waals surface area contributed by atoms with E-state index < -0.39 is 63.1 Å². The molecule has 5 atom stereocenters. The minimum Gasteiger partial charge on any atom is -0.497 e. The molecule has 0 unspecified atom stereocenters. The third kappa shape index (κ3) is 7.72. The highest BCUT2D eigenvalue weighted by molar-refractivity contribution is 7.90. The minimum atomic E-state index is -4.34. The number of aromatic nitrogens is 2. The van der Waals surface area contributed by atoms with E-state index in [0.29, 0.717) is 33.6 Å². The van der Waals surface area contributed by atoms with Crippen molar-refractivity contribution in [3.8, 4) is 22.8 Å². The molecule has 4 N–H and O–H groups in total. The summed E-state index contributed by atoms with van der Waals surface area (Å²) in [5.41, 5.74) is 0.168. The number of hydrogen-bond acceptors (Lipinski definition) is 9. The third-order valence-electron chi connectivity index (χ3n) is 10.0. The van der Waals surface area contributed by atoms with Crippen molar-refractivity contribution in [2.75, 3.05) is 7.11 Å². The van der Waals surface area contributed by atoms with Gasteiger partial charge in [0.1, 0.15) is 33.6 Å². The van der Waals surface area contributed by atoms with E-state index in [1.165, 1.54) is 12.1 Å². The minimum absolute atomic E-state index is 0.101. The van der Waals surface area contributed by atoms with E-state index >= 15 is 0 Å². The van der Waals surface area contributed by atoms with Gasteiger partial charge in [0.05, 0.1) is 29.8 Å². The van der Waals surface area contributed by atoms with Crippen molar-refractivity contribution in [3.05, 3.63) is 97.7 Å². The lowest BCUT2D eigenvalue weighted by atomic mass is 10.0. The molecule has 2 aromatic heterocycles. The molecule has 0 aliphatic heterocycles. The molecule has 3 aromatic carbocycles. The van der Waals surface area contributed by atoms with Crippen molar-refractivity contribution in [2.24, 2.45) is 11.8 Å². The van der Waals surface area contributed by atoms with Crippen molar-refractivity contribution < 1.29 is 37.0 Å². The topological polar surface area (TPSA) is 178 Å². The zero-order valence-electron chi connectivity index (χ0n) is 30.9. The molecule has 2 aliphatic carbocycles. The Morgan fingerprint density at radius 3 is 2.49 bits per heavy atom. The summed E-state index contributed by atoms with van der Waals surface area (Å²) < 4.78 is 46.9. The first-order valence-corrected chi connectivity index (χ1v) is 19.5. The largest absolute Gasteiger partial charge is 0.497 e. The molecular weight excluding hydrogens is 723 g/mol. The van der Waals surface area contributed by atoms with Crippen molar-refractivity contribution in [1.29, 1.82) is 0 Å². The second kappa shape index (κ2) is 14.4. The molecule has 2 aliphatic rings. The fourth-order valence-electron chi connectivity index (χ4n) is 7.23. The second-order valence-corrected chi connectivity index (χ2v) is 16.6. The van der Waals surface area contributed by atoms with Gasteiger partial charge < -0.3 is 29.8 Å². The Bertz CT molecular complexity index is 2410. The number of ether oxygens (including phenoxy) is 3. The van der Waals surface area contributed by atoms with Crippen LogP contribution in [0.2, 0.25) is 0 Å². The molecule has 2 fully saturated rings. The first kappa shape index (κ1) is 37.4. The smallest absolute Gasteiger partial charge is 0.407 e. The third-order valence-corrected chi connectivity index (χ3v) is 11.4. The zero-order valence-corrected chi connectivity index (χ0v) is 31.7. The number of nitrogens with zero attached hydrogens (tertiary/aromatic N) is 1. The van der Waals surface area contributed by atoms with Gasteiger partial charge in [0, 0.05) is 53.0 Å². The SMILES string of the molecule is C=C[C@@H]1C[C@]1(NC(=O)[C@@H]1C[C@@H](Oc2cc(-c3ccccc3)nc3cc(OC)ccc23)C[C@@H]1NC(=O)OC(C)(C)C)C(=O)NS(=O)(=O)c1cccc2cc[nH]c12. The van der Waals surface area contributed by atoms with Gasteiger partial charge in [0.15, 0.2) is 0 Å². The molecule has 7 rings (SSSR count). The quantitative estimate of drug-likeness (QED) is 0.117. The first-order chi connectivity index (χ1) is 26.2. The molecule has 0 spiro atoms. The van der Waals surface area contributed by atoms with E-state index in [1.807, 2.05) is 54.6 Å². The predicted molar refractivity (Wildman–Crippen MR) is 207 cm³/mol. The van der Waals surface area contributed by atoms with Crippen LogP contribution in [-0.4, -0.2) is 66.7 Å². The van der Waals surface area contributed by atoms with Gasteiger partial charge in [-0.1, -0.05) is 48.5 Å². The molecule has 55 heavy (non-hydrogen) atoms. The number of carbonyl (C=O) groups excluding carboxylic acids is 3. The molecule has 0 saturated heterocycles. The number of amides is 3. The fraction of sp³-hybridized carbons (Fsp3) is 0.317. The summed E-state index contributed by atoms with van der Waals surface area (Å²) in [4.78, 5) is 48.9. The van der Waals surface area contributed by atoms with Gasteiger partial charge in [0.2, 0.25) is 5.91 Å². The van der Waals surface area contributed by atoms with E-state index in [-0.39, 0.29) is 24.2 Å². The number of methoxy groups -OCH3 is 1. The van der Waals surface area contributed by atoms with E-state index in [4.69, 9.17) is 19.2 Å². The number of aromatic amines is 1. The van der Waals surface area contributed by atoms with Crippen molar-refractivity contribution in [2.45, 2.75) is 68.2 Å². The number of carbonyl (C=O) groups is 3. The normalized spacial score (nSPS) is 22.1. The van der Waals surface area contributed by atoms with Gasteiger partial charge >= 0.3 is 6.09 Å². The summed E-state index contributed by atoms with van der Waals surface area (Å²) in [6.45, 7) is 9.02. The summed E-state index contributed by atoms with van der Waals surface area (Å²) in [5, 5.41) is 7.10. The van der Waals surface area contributed by atoms with Crippen LogP contribution in [0.15, 0.2) is 103 Å². The van der Waals surface area contributed by atoms with Crippen molar-refractivity contribution in [3.63, 3.8) is 0 Å². The first-order valence-electron chi connectivity index (χ1n) is 18.0. The lowest BCUT2D eigenvalue weighted by molar-refractivity contribution is -0.132. The number of sulfonamides is 1. The van der Waals surface area contributed by atoms with E-state index in [0.717, 1.165) is 10.9 Å². The number of pyridine rings is 1. The molecule has 2 saturated carbocycles. The van der Waals surface area contributed by atoms with Crippen LogP contribution in [0.25, 0.3) is 33.1 Å². The van der Waals surface area contributed by atoms with Crippen LogP contribution in [0.3, 0.4) is 0 Å². The van der Waals surface area contributed by atoms with Gasteiger partial charge in [-0.15, -0.1) is 6.58 Å². The number of H-pyrrole nitrogens is 1. The van der Waals surface area contributed by atoms with E-state index in [1.54, 1.807) is 52.3 Å². The Labute approximate surface area is 318 Å². The molecule has 5 aromatic rings. The van der Waals surface area contributed by atoms with Crippen LogP contribution < -0.4 is 24.8 Å². The average Bonchev–Trinajstić information content (AvgIpc) is 3.42. The summed E-state index contributed by atoms with van der Waals surface area (Å²) in [6, 6.07) is 22.7. The Hall–Kier alpha value is -5.89. The standard InChI is InChI=1S/C41H43N5O8S/c1-6-26-23-41(26,38(48)46-55(50,51)35-14-10-13-25-17-18-42-36(25)35)45-37(47)30-19-28(21-33(30)44-39(49)54-40(2,3)4)53-34-22-31(24-11-8-7-9-12-24)43-32-20-27(52-5)15-16-29(32)34/h6-18,20,22,26,28,30,33,42H,1,19,21,23H2,2-5H3,(H,44,49)(H,45,47)(H,46,48)/t26-,28-,30-,33+,41-/m1/s1. The van der Waals surface area contributed by atoms with Gasteiger partial charge in [0.25, 0.3) is 15.9 Å². The number of hydrogen-bond donors (Lipinski definition) is 4. The monoisotopic (exact) mass is 765 g/mol. The predicted octanol–water partition coefficient (Wildman–Crippen LogP) is 6.01. The fourth-order valence-corrected chi connectivity index (χ4v) is 8.47. The number of benzene rings is 3. The van der Waals surface area contributed by atoms with Gasteiger partial charge in [-0.05, 0) is 57.9 Å². The number of alkyl carbamates (subject to hydrolysis) is 1. The van der Waals surface area contributed by atoms with Crippen LogP contribution in [-0.2, 0) is 24.3 Å². The van der Waals surface area contributed by atoms with Crippen molar-refractivity contribution in [1.82, 2.24) is 25.3 Å². The molecule has 286 valence electrons. The maximum atomic E-state index is 14.3. The zero-order chi connectivity index (χ0) is 39.1. The Morgan fingerprint density at radius 2 is 1.78 bits per heavy atom. The summed E-state index contributed by atoms with van der Waals surface area (Å²) in [7, 11) is -2.76. The number of rotatable bonds is 11. The molecule has 14 heteroatoms. The highest BCUT2D eigenvalue weighted by atomic mass is 32.2. The molecular formula is C41H43N5O8S. The summed E-state index contributed by atoms with van der Waals surface area (Å²) >= 11 is 0. The Kier molecular flexibility index (Phi) is 9.80. The molecule has 0 radical (unpaired) electrons. The van der Waals surface area contributed by atoms with E-state index in [2.05, 4.69) is 26.9 Å². The molecule has 3 amide bonds. The highest BCUT2D eigenvalue weighted by Gasteiger charge is 2.61. The lowest BCUT2D eigenvalue weighted by Crippen LogP contribution is -2.55. The van der Waals surface area contributed by atoms with Gasteiger partial charge in [-0.3, -0.25) is 9.59 Å². The number of para-hydroxylation sites is 1. The van der Waals surface area contributed by atoms with Crippen LogP contribution in [0.5, 0.6) is 11.5 Å². The molecule has 2 heterocycles. The lowest BCUT2D eigenvalue weighted by Gasteiger charge is -2.26. The maximum Gasteiger partial charge on any atom is 0.407 e. The molecule has 0 bridgehead atoms. The number of nitrogens with one attached hydrogen (secondary N) is 4. The van der Waals surface area contributed by atoms with Crippen LogP contribution in [0.1, 0.15) is 40.0 Å². The van der Waals surface area contributed by atoms with Crippen LogP contribution in [0, 0.1) is 11.8 Å². The maximum absolute atomic E-state index is 14.3. The van der Waals surface area contributed by atoms with Gasteiger partial charge in [-0.2, -0.15) is 0 Å². The van der Waals surface area contributed by atoms with Crippen LogP contribution >= 0.6 is 0 Å². The Balaban J connectivity index is 1.16. The second-order valence-electron chi connectivity index (χ2n) is 15.0.